The molecule has 1 aromatic rings. The van der Waals surface area contributed by atoms with Crippen molar-refractivity contribution in [1.82, 2.24) is 14.5 Å². The second-order valence-corrected chi connectivity index (χ2v) is 5.67. The molecule has 6 nitrogen and oxygen atoms in total. The van der Waals surface area contributed by atoms with Crippen molar-refractivity contribution in [2.24, 2.45) is 0 Å². The van der Waals surface area contributed by atoms with Crippen molar-refractivity contribution in [1.29, 1.82) is 0 Å². The quantitative estimate of drug-likeness (QED) is 0.827. The zero-order valence-corrected chi connectivity index (χ0v) is 10.0. The molecular formula is C9H16N4O2S. The zero-order valence-electron chi connectivity index (χ0n) is 9.23. The first-order chi connectivity index (χ1) is 7.59. The summed E-state index contributed by atoms with van der Waals surface area (Å²) in [6.45, 7) is 3.00. The van der Waals surface area contributed by atoms with Crippen molar-refractivity contribution in [2.75, 3.05) is 17.8 Å². The number of aryl methyl sites for hydroxylation is 1. The third kappa shape index (κ3) is 2.35. The molecule has 0 unspecified atom stereocenters. The Bertz CT molecular complexity index is 448. The van der Waals surface area contributed by atoms with Crippen LogP contribution in [0, 0.1) is 6.92 Å². The van der Waals surface area contributed by atoms with Crippen molar-refractivity contribution in [3.05, 3.63) is 11.8 Å². The molecule has 0 aromatic carbocycles. The fourth-order valence-corrected chi connectivity index (χ4v) is 3.08. The Labute approximate surface area is 95.2 Å². The fraction of sp³-hybridized carbons (Fsp3) is 0.667. The lowest BCUT2D eigenvalue weighted by atomic mass is 10.2. The van der Waals surface area contributed by atoms with Crippen molar-refractivity contribution in [3.8, 4) is 0 Å². The van der Waals surface area contributed by atoms with Gasteiger partial charge in [0.2, 0.25) is 0 Å². The molecule has 1 aliphatic rings. The summed E-state index contributed by atoms with van der Waals surface area (Å²) in [4.78, 5) is 0. The molecule has 1 saturated heterocycles. The normalized spacial score (nSPS) is 18.6. The van der Waals surface area contributed by atoms with E-state index in [-0.39, 0.29) is 0 Å². The van der Waals surface area contributed by atoms with E-state index in [2.05, 4.69) is 14.9 Å². The first kappa shape index (κ1) is 11.4. The van der Waals surface area contributed by atoms with Crippen molar-refractivity contribution in [2.45, 2.75) is 26.2 Å². The molecule has 2 rings (SSSR count). The summed E-state index contributed by atoms with van der Waals surface area (Å²) in [5, 5.41) is 6.41. The second-order valence-electron chi connectivity index (χ2n) is 3.99. The Morgan fingerprint density at radius 1 is 1.38 bits per heavy atom. The van der Waals surface area contributed by atoms with Gasteiger partial charge in [0.25, 0.3) is 0 Å². The number of aromatic amines is 1. The highest BCUT2D eigenvalue weighted by Crippen LogP contribution is 2.16. The van der Waals surface area contributed by atoms with E-state index >= 15 is 0 Å². The molecule has 1 fully saturated rings. The summed E-state index contributed by atoms with van der Waals surface area (Å²) >= 11 is 0. The maximum absolute atomic E-state index is 12.0. The van der Waals surface area contributed by atoms with Crippen LogP contribution in [0.3, 0.4) is 0 Å². The number of anilines is 1. The lowest BCUT2D eigenvalue weighted by Gasteiger charge is -2.25. The van der Waals surface area contributed by atoms with Gasteiger partial charge in [-0.15, -0.1) is 0 Å². The van der Waals surface area contributed by atoms with Gasteiger partial charge >= 0.3 is 10.2 Å². The van der Waals surface area contributed by atoms with E-state index < -0.39 is 10.2 Å². The molecule has 2 heterocycles. The van der Waals surface area contributed by atoms with Gasteiger partial charge in [0.1, 0.15) is 5.82 Å². The molecular weight excluding hydrogens is 228 g/mol. The number of rotatable bonds is 3. The summed E-state index contributed by atoms with van der Waals surface area (Å²) in [6.07, 6.45) is 4.56. The van der Waals surface area contributed by atoms with Crippen LogP contribution in [0.15, 0.2) is 6.20 Å². The van der Waals surface area contributed by atoms with Gasteiger partial charge in [-0.1, -0.05) is 6.42 Å². The maximum atomic E-state index is 12.0. The highest BCUT2D eigenvalue weighted by Gasteiger charge is 2.24. The van der Waals surface area contributed by atoms with Gasteiger partial charge < -0.3 is 0 Å². The van der Waals surface area contributed by atoms with Gasteiger partial charge in [-0.25, -0.2) is 0 Å². The Balaban J connectivity index is 2.10. The minimum Gasteiger partial charge on any atom is -0.262 e. The van der Waals surface area contributed by atoms with Crippen molar-refractivity contribution < 1.29 is 8.42 Å². The summed E-state index contributed by atoms with van der Waals surface area (Å²) in [5.41, 5.74) is 0.792. The molecule has 1 aliphatic heterocycles. The predicted molar refractivity (Wildman–Crippen MR) is 61.3 cm³/mol. The number of hydrogen-bond donors (Lipinski definition) is 2. The minimum atomic E-state index is -3.42. The number of piperidine rings is 1. The predicted octanol–water partition coefficient (Wildman–Crippen LogP) is 0.861. The first-order valence-electron chi connectivity index (χ1n) is 5.37. The molecule has 90 valence electrons. The Kier molecular flexibility index (Phi) is 3.15. The third-order valence-electron chi connectivity index (χ3n) is 2.71. The Hall–Kier alpha value is -1.08. The summed E-state index contributed by atoms with van der Waals surface area (Å²) in [7, 11) is -3.42. The summed E-state index contributed by atoms with van der Waals surface area (Å²) in [5.74, 6) is 0.450. The standard InChI is InChI=1S/C9H16N4O2S/c1-8-7-10-11-9(8)12-16(14,15)13-5-3-2-4-6-13/h7H,2-6H2,1H3,(H2,10,11,12). The van der Waals surface area contributed by atoms with Gasteiger partial charge in [-0.05, 0) is 19.8 Å². The van der Waals surface area contributed by atoms with E-state index in [1.807, 2.05) is 0 Å². The molecule has 0 spiro atoms. The van der Waals surface area contributed by atoms with Crippen molar-refractivity contribution in [3.63, 3.8) is 0 Å². The topological polar surface area (TPSA) is 78.1 Å². The number of H-pyrrole nitrogens is 1. The highest BCUT2D eigenvalue weighted by molar-refractivity contribution is 7.90. The second kappa shape index (κ2) is 4.42. The van der Waals surface area contributed by atoms with Crippen LogP contribution < -0.4 is 4.72 Å². The van der Waals surface area contributed by atoms with Crippen LogP contribution >= 0.6 is 0 Å². The van der Waals surface area contributed by atoms with Gasteiger partial charge in [0.15, 0.2) is 0 Å². The fourth-order valence-electron chi connectivity index (χ4n) is 1.75. The Morgan fingerprint density at radius 2 is 2.06 bits per heavy atom. The van der Waals surface area contributed by atoms with Crippen LogP contribution in [0.5, 0.6) is 0 Å². The molecule has 7 heteroatoms. The monoisotopic (exact) mass is 244 g/mol. The van der Waals surface area contributed by atoms with Gasteiger partial charge in [-0.3, -0.25) is 9.82 Å². The molecule has 1 aromatic heterocycles. The number of hydrogen-bond acceptors (Lipinski definition) is 3. The van der Waals surface area contributed by atoms with E-state index in [1.54, 1.807) is 13.1 Å². The molecule has 16 heavy (non-hydrogen) atoms. The lowest BCUT2D eigenvalue weighted by molar-refractivity contribution is 0.349. The smallest absolute Gasteiger partial charge is 0.262 e. The van der Waals surface area contributed by atoms with E-state index in [0.29, 0.717) is 18.9 Å². The van der Waals surface area contributed by atoms with Crippen LogP contribution in [0.2, 0.25) is 0 Å². The number of aromatic nitrogens is 2. The van der Waals surface area contributed by atoms with E-state index in [4.69, 9.17) is 0 Å². The van der Waals surface area contributed by atoms with Gasteiger partial charge in [0.05, 0.1) is 6.20 Å². The van der Waals surface area contributed by atoms with Gasteiger partial charge in [-0.2, -0.15) is 17.8 Å². The zero-order chi connectivity index (χ0) is 11.6. The molecule has 0 aliphatic carbocycles. The lowest BCUT2D eigenvalue weighted by Crippen LogP contribution is -2.39. The van der Waals surface area contributed by atoms with E-state index in [9.17, 15) is 8.42 Å². The molecule has 0 amide bonds. The number of nitrogens with zero attached hydrogens (tertiary/aromatic N) is 2. The Morgan fingerprint density at radius 3 is 2.62 bits per heavy atom. The maximum Gasteiger partial charge on any atom is 0.302 e. The molecule has 0 bridgehead atoms. The van der Waals surface area contributed by atoms with E-state index in [1.165, 1.54) is 4.31 Å². The molecule has 0 atom stereocenters. The molecule has 2 N–H and O–H groups in total. The van der Waals surface area contributed by atoms with Gasteiger partial charge in [0, 0.05) is 18.7 Å². The minimum absolute atomic E-state index is 0.450. The van der Waals surface area contributed by atoms with E-state index in [0.717, 1.165) is 24.8 Å². The van der Waals surface area contributed by atoms with Crippen molar-refractivity contribution >= 4 is 16.0 Å². The average molecular weight is 244 g/mol. The average Bonchev–Trinajstić information content (AvgIpc) is 2.65. The molecule has 0 saturated carbocycles. The SMILES string of the molecule is Cc1cn[nH]c1NS(=O)(=O)N1CCCCC1. The third-order valence-corrected chi connectivity index (χ3v) is 4.22. The van der Waals surface area contributed by atoms with Crippen LogP contribution in [-0.4, -0.2) is 36.0 Å². The first-order valence-corrected chi connectivity index (χ1v) is 6.81. The van der Waals surface area contributed by atoms with Crippen LogP contribution in [0.25, 0.3) is 0 Å². The van der Waals surface area contributed by atoms with Crippen LogP contribution in [-0.2, 0) is 10.2 Å². The van der Waals surface area contributed by atoms with Crippen LogP contribution in [0.4, 0.5) is 5.82 Å². The highest BCUT2D eigenvalue weighted by atomic mass is 32.2. The summed E-state index contributed by atoms with van der Waals surface area (Å²) < 4.78 is 27.9. The van der Waals surface area contributed by atoms with Crippen LogP contribution in [0.1, 0.15) is 24.8 Å². The summed E-state index contributed by atoms with van der Waals surface area (Å²) in [6, 6.07) is 0. The molecule has 0 radical (unpaired) electrons. The number of nitrogens with one attached hydrogen (secondary N) is 2. The largest absolute Gasteiger partial charge is 0.302 e.